The molecule has 0 atom stereocenters. The van der Waals surface area contributed by atoms with Gasteiger partial charge in [0.2, 0.25) is 5.91 Å². The third-order valence-corrected chi connectivity index (χ3v) is 2.11. The number of amides is 1. The van der Waals surface area contributed by atoms with Crippen molar-refractivity contribution in [2.45, 2.75) is 6.54 Å². The minimum Gasteiger partial charge on any atom is -0.384 e. The molecule has 0 saturated heterocycles. The molecule has 2 aromatic heterocycles. The summed E-state index contributed by atoms with van der Waals surface area (Å²) in [5.74, 6) is 5.40. The number of hydrogen-bond donors (Lipinski definition) is 2. The average Bonchev–Trinajstić information content (AvgIpc) is 2.89. The van der Waals surface area contributed by atoms with Crippen LogP contribution in [0.2, 0.25) is 0 Å². The molecule has 0 aliphatic carbocycles. The summed E-state index contributed by atoms with van der Waals surface area (Å²) in [7, 11) is 0. The Morgan fingerprint density at radius 1 is 1.53 bits per heavy atom. The molecule has 0 aliphatic rings. The van der Waals surface area contributed by atoms with Gasteiger partial charge in [0.05, 0.1) is 0 Å². The zero-order valence-electron chi connectivity index (χ0n) is 9.95. The fraction of sp³-hybridized carbons (Fsp3) is 0.167. The molecule has 2 aromatic rings. The quantitative estimate of drug-likeness (QED) is 0.733. The highest BCUT2D eigenvalue weighted by Crippen LogP contribution is 2.05. The lowest BCUT2D eigenvalue weighted by atomic mass is 10.2. The van der Waals surface area contributed by atoms with Gasteiger partial charge < -0.3 is 10.4 Å². The third kappa shape index (κ3) is 3.90. The number of pyridine rings is 1. The van der Waals surface area contributed by atoms with Crippen LogP contribution in [0.5, 0.6) is 0 Å². The van der Waals surface area contributed by atoms with Crippen LogP contribution in [-0.2, 0) is 11.3 Å². The highest BCUT2D eigenvalue weighted by Gasteiger charge is 2.05. The van der Waals surface area contributed by atoms with E-state index in [1.807, 2.05) is 0 Å². The van der Waals surface area contributed by atoms with E-state index in [0.29, 0.717) is 11.4 Å². The Bertz CT molecular complexity index is 613. The number of rotatable bonds is 3. The zero-order chi connectivity index (χ0) is 13.5. The van der Waals surface area contributed by atoms with Gasteiger partial charge in [0.25, 0.3) is 0 Å². The van der Waals surface area contributed by atoms with E-state index in [1.54, 1.807) is 12.1 Å². The maximum atomic E-state index is 11.7. The van der Waals surface area contributed by atoms with Crippen LogP contribution in [0.4, 0.5) is 5.82 Å². The molecule has 0 spiro atoms. The van der Waals surface area contributed by atoms with Crippen LogP contribution in [0.25, 0.3) is 0 Å². The molecular formula is C12H11N5O2. The molecule has 0 saturated carbocycles. The molecule has 0 radical (unpaired) electrons. The fourth-order valence-corrected chi connectivity index (χ4v) is 1.36. The molecule has 0 unspecified atom stereocenters. The standard InChI is InChI=1S/C12H11N5O2/c18-5-1-2-10-3-4-14-11(6-10)16-12(19)7-17-9-13-8-15-17/h3-4,6,8-9,18H,5,7H2,(H,14,16,19). The van der Waals surface area contributed by atoms with Gasteiger partial charge in [-0.2, -0.15) is 5.10 Å². The van der Waals surface area contributed by atoms with E-state index in [0.717, 1.165) is 0 Å². The molecule has 19 heavy (non-hydrogen) atoms. The minimum absolute atomic E-state index is 0.0637. The van der Waals surface area contributed by atoms with Gasteiger partial charge in [0.1, 0.15) is 31.6 Å². The number of aliphatic hydroxyl groups excluding tert-OH is 1. The predicted molar refractivity (Wildman–Crippen MR) is 66.9 cm³/mol. The Labute approximate surface area is 109 Å². The highest BCUT2D eigenvalue weighted by atomic mass is 16.2. The second-order valence-electron chi connectivity index (χ2n) is 3.53. The second kappa shape index (κ2) is 6.28. The highest BCUT2D eigenvalue weighted by molar-refractivity contribution is 5.89. The average molecular weight is 257 g/mol. The van der Waals surface area contributed by atoms with E-state index in [-0.39, 0.29) is 19.1 Å². The van der Waals surface area contributed by atoms with E-state index in [1.165, 1.54) is 23.5 Å². The molecule has 0 fully saturated rings. The number of nitrogens with one attached hydrogen (secondary N) is 1. The van der Waals surface area contributed by atoms with Crippen LogP contribution < -0.4 is 5.32 Å². The van der Waals surface area contributed by atoms with Crippen LogP contribution in [0, 0.1) is 11.8 Å². The Hall–Kier alpha value is -2.72. The van der Waals surface area contributed by atoms with Gasteiger partial charge in [0, 0.05) is 11.8 Å². The molecule has 2 heterocycles. The van der Waals surface area contributed by atoms with Crippen LogP contribution in [0.15, 0.2) is 31.0 Å². The lowest BCUT2D eigenvalue weighted by molar-refractivity contribution is -0.116. The number of anilines is 1. The molecule has 0 aromatic carbocycles. The van der Waals surface area contributed by atoms with E-state index < -0.39 is 0 Å². The molecule has 2 rings (SSSR count). The van der Waals surface area contributed by atoms with Gasteiger partial charge in [-0.25, -0.2) is 14.6 Å². The van der Waals surface area contributed by atoms with Gasteiger partial charge in [-0.1, -0.05) is 11.8 Å². The summed E-state index contributed by atoms with van der Waals surface area (Å²) >= 11 is 0. The van der Waals surface area contributed by atoms with Crippen LogP contribution in [-0.4, -0.2) is 37.4 Å². The summed E-state index contributed by atoms with van der Waals surface area (Å²) < 4.78 is 1.41. The third-order valence-electron chi connectivity index (χ3n) is 2.11. The zero-order valence-corrected chi connectivity index (χ0v) is 9.95. The Morgan fingerprint density at radius 3 is 3.16 bits per heavy atom. The van der Waals surface area contributed by atoms with Crippen molar-refractivity contribution in [3.8, 4) is 11.8 Å². The lowest BCUT2D eigenvalue weighted by Crippen LogP contribution is -2.19. The van der Waals surface area contributed by atoms with Crippen molar-refractivity contribution < 1.29 is 9.90 Å². The van der Waals surface area contributed by atoms with E-state index in [4.69, 9.17) is 5.11 Å². The first-order chi connectivity index (χ1) is 9.28. The first-order valence-electron chi connectivity index (χ1n) is 5.46. The Balaban J connectivity index is 2.00. The summed E-state index contributed by atoms with van der Waals surface area (Å²) in [4.78, 5) is 19.4. The van der Waals surface area contributed by atoms with Crippen molar-refractivity contribution in [3.05, 3.63) is 36.5 Å². The van der Waals surface area contributed by atoms with Crippen LogP contribution in [0.1, 0.15) is 5.56 Å². The van der Waals surface area contributed by atoms with Crippen molar-refractivity contribution in [1.29, 1.82) is 0 Å². The molecule has 0 bridgehead atoms. The van der Waals surface area contributed by atoms with Gasteiger partial charge in [-0.05, 0) is 12.1 Å². The number of hydrogen-bond acceptors (Lipinski definition) is 5. The van der Waals surface area contributed by atoms with Gasteiger partial charge in [0.15, 0.2) is 0 Å². The summed E-state index contributed by atoms with van der Waals surface area (Å²) in [5.41, 5.74) is 0.667. The molecule has 7 heteroatoms. The normalized spacial score (nSPS) is 9.53. The predicted octanol–water partition coefficient (Wildman–Crippen LogP) is -0.344. The molecule has 1 amide bonds. The summed E-state index contributed by atoms with van der Waals surface area (Å²) in [6.45, 7) is -0.148. The van der Waals surface area contributed by atoms with E-state index >= 15 is 0 Å². The van der Waals surface area contributed by atoms with Crippen molar-refractivity contribution in [2.24, 2.45) is 0 Å². The first-order valence-corrected chi connectivity index (χ1v) is 5.46. The van der Waals surface area contributed by atoms with Gasteiger partial charge in [-0.3, -0.25) is 4.79 Å². The van der Waals surface area contributed by atoms with Gasteiger partial charge >= 0.3 is 0 Å². The molecule has 0 aliphatic heterocycles. The summed E-state index contributed by atoms with van der Waals surface area (Å²) in [6, 6.07) is 3.32. The van der Waals surface area contributed by atoms with Crippen LogP contribution in [0.3, 0.4) is 0 Å². The molecule has 7 nitrogen and oxygen atoms in total. The molecule has 2 N–H and O–H groups in total. The Morgan fingerprint density at radius 2 is 2.42 bits per heavy atom. The van der Waals surface area contributed by atoms with Crippen molar-refractivity contribution in [3.63, 3.8) is 0 Å². The number of aromatic nitrogens is 4. The molecule has 96 valence electrons. The van der Waals surface area contributed by atoms with Crippen LogP contribution >= 0.6 is 0 Å². The maximum Gasteiger partial charge on any atom is 0.247 e. The number of aliphatic hydroxyl groups is 1. The second-order valence-corrected chi connectivity index (χ2v) is 3.53. The summed E-state index contributed by atoms with van der Waals surface area (Å²) in [6.07, 6.45) is 4.35. The smallest absolute Gasteiger partial charge is 0.247 e. The first kappa shape index (κ1) is 12.7. The number of nitrogens with zero attached hydrogens (tertiary/aromatic N) is 4. The van der Waals surface area contributed by atoms with E-state index in [2.05, 4.69) is 32.2 Å². The number of carbonyl (C=O) groups excluding carboxylic acids is 1. The van der Waals surface area contributed by atoms with E-state index in [9.17, 15) is 4.79 Å². The maximum absolute atomic E-state index is 11.7. The largest absolute Gasteiger partial charge is 0.384 e. The molecular weight excluding hydrogens is 246 g/mol. The van der Waals surface area contributed by atoms with Gasteiger partial charge in [-0.15, -0.1) is 0 Å². The Kier molecular flexibility index (Phi) is 4.21. The minimum atomic E-state index is -0.259. The van der Waals surface area contributed by atoms with Crippen molar-refractivity contribution >= 4 is 11.7 Å². The fourth-order valence-electron chi connectivity index (χ4n) is 1.36. The number of carbonyl (C=O) groups is 1. The monoisotopic (exact) mass is 257 g/mol. The van der Waals surface area contributed by atoms with Crippen molar-refractivity contribution in [2.75, 3.05) is 11.9 Å². The summed E-state index contributed by atoms with van der Waals surface area (Å²) in [5, 5.41) is 15.1. The van der Waals surface area contributed by atoms with Crippen molar-refractivity contribution in [1.82, 2.24) is 19.7 Å². The lowest BCUT2D eigenvalue weighted by Gasteiger charge is -2.04. The SMILES string of the molecule is O=C(Cn1cncn1)Nc1cc(C#CCO)ccn1. The topological polar surface area (TPSA) is 92.9 Å².